The van der Waals surface area contributed by atoms with Gasteiger partial charge in [0.25, 0.3) is 5.91 Å². The number of aryl methyl sites for hydroxylation is 1. The SMILES string of the molecule is C[C@@H](CCc1ccccc1)NC(=O)C[NH+]1CCC[C@H](C(N)=O)C1. The third-order valence-corrected chi connectivity index (χ3v) is 4.55. The van der Waals surface area contributed by atoms with Gasteiger partial charge in [0.1, 0.15) is 0 Å². The van der Waals surface area contributed by atoms with E-state index in [1.165, 1.54) is 5.56 Å². The van der Waals surface area contributed by atoms with E-state index in [0.29, 0.717) is 13.1 Å². The summed E-state index contributed by atoms with van der Waals surface area (Å²) < 4.78 is 0. The van der Waals surface area contributed by atoms with Gasteiger partial charge in [-0.15, -0.1) is 0 Å². The minimum absolute atomic E-state index is 0.0608. The third kappa shape index (κ3) is 6.02. The molecular weight excluding hydrogens is 290 g/mol. The molecular formula is C18H28N3O2+. The number of hydrogen-bond donors (Lipinski definition) is 3. The van der Waals surface area contributed by atoms with Crippen LogP contribution in [0, 0.1) is 5.92 Å². The highest BCUT2D eigenvalue weighted by Gasteiger charge is 2.28. The van der Waals surface area contributed by atoms with E-state index in [-0.39, 0.29) is 23.8 Å². The normalized spacial score (nSPS) is 22.3. The van der Waals surface area contributed by atoms with E-state index in [2.05, 4.69) is 17.4 Å². The Balaban J connectivity index is 1.70. The predicted molar refractivity (Wildman–Crippen MR) is 89.8 cm³/mol. The van der Waals surface area contributed by atoms with Gasteiger partial charge in [-0.3, -0.25) is 9.59 Å². The molecule has 1 aromatic rings. The van der Waals surface area contributed by atoms with E-state index in [1.807, 2.05) is 25.1 Å². The molecule has 3 atom stereocenters. The second-order valence-corrected chi connectivity index (χ2v) is 6.62. The van der Waals surface area contributed by atoms with Crippen molar-refractivity contribution in [1.29, 1.82) is 0 Å². The van der Waals surface area contributed by atoms with Crippen molar-refractivity contribution in [1.82, 2.24) is 5.32 Å². The predicted octanol–water partition coefficient (Wildman–Crippen LogP) is -0.0959. The molecule has 1 heterocycles. The second-order valence-electron chi connectivity index (χ2n) is 6.62. The van der Waals surface area contributed by atoms with Crippen molar-refractivity contribution in [2.24, 2.45) is 11.7 Å². The number of benzene rings is 1. The standard InChI is InChI=1S/C18H27N3O2/c1-14(9-10-15-6-3-2-4-7-15)20-17(22)13-21-11-5-8-16(12-21)18(19)23/h2-4,6-7,14,16H,5,8-13H2,1H3,(H2,19,23)(H,20,22)/p+1/t14-,16-/m0/s1. The summed E-state index contributed by atoms with van der Waals surface area (Å²) in [6, 6.07) is 10.4. The Bertz CT molecular complexity index is 518. The minimum Gasteiger partial charge on any atom is -0.369 e. The lowest BCUT2D eigenvalue weighted by Gasteiger charge is -2.28. The molecule has 4 N–H and O–H groups in total. The number of piperidine rings is 1. The molecule has 1 aliphatic rings. The average Bonchev–Trinajstić information content (AvgIpc) is 2.54. The Morgan fingerprint density at radius 2 is 2.09 bits per heavy atom. The van der Waals surface area contributed by atoms with Crippen LogP contribution in [0.25, 0.3) is 0 Å². The molecule has 1 aliphatic heterocycles. The van der Waals surface area contributed by atoms with Crippen molar-refractivity contribution in [3.8, 4) is 0 Å². The van der Waals surface area contributed by atoms with Crippen molar-refractivity contribution >= 4 is 11.8 Å². The summed E-state index contributed by atoms with van der Waals surface area (Å²) in [5.41, 5.74) is 6.67. The van der Waals surface area contributed by atoms with Gasteiger partial charge in [-0.1, -0.05) is 30.3 Å². The third-order valence-electron chi connectivity index (χ3n) is 4.55. The van der Waals surface area contributed by atoms with Gasteiger partial charge in [0.2, 0.25) is 5.91 Å². The summed E-state index contributed by atoms with van der Waals surface area (Å²) in [6.45, 7) is 4.09. The molecule has 1 aromatic carbocycles. The van der Waals surface area contributed by atoms with Crippen LogP contribution in [0.3, 0.4) is 0 Å². The molecule has 0 aromatic heterocycles. The Morgan fingerprint density at radius 1 is 1.35 bits per heavy atom. The minimum atomic E-state index is -0.237. The Hall–Kier alpha value is -1.88. The fourth-order valence-corrected chi connectivity index (χ4v) is 3.21. The lowest BCUT2D eigenvalue weighted by atomic mass is 9.97. The van der Waals surface area contributed by atoms with Crippen molar-refractivity contribution < 1.29 is 14.5 Å². The van der Waals surface area contributed by atoms with Gasteiger partial charge in [-0.25, -0.2) is 0 Å². The molecule has 0 bridgehead atoms. The Labute approximate surface area is 138 Å². The topological polar surface area (TPSA) is 76.6 Å². The largest absolute Gasteiger partial charge is 0.369 e. The summed E-state index contributed by atoms with van der Waals surface area (Å²) >= 11 is 0. The van der Waals surface area contributed by atoms with Crippen LogP contribution in [-0.2, 0) is 16.0 Å². The highest BCUT2D eigenvalue weighted by Crippen LogP contribution is 2.06. The maximum absolute atomic E-state index is 12.2. The van der Waals surface area contributed by atoms with Crippen LogP contribution in [-0.4, -0.2) is 37.5 Å². The van der Waals surface area contributed by atoms with Gasteiger partial charge in [0.15, 0.2) is 6.54 Å². The number of primary amides is 1. The van der Waals surface area contributed by atoms with E-state index in [4.69, 9.17) is 5.73 Å². The summed E-state index contributed by atoms with van der Waals surface area (Å²) in [4.78, 5) is 24.6. The van der Waals surface area contributed by atoms with Gasteiger partial charge >= 0.3 is 0 Å². The highest BCUT2D eigenvalue weighted by atomic mass is 16.2. The Morgan fingerprint density at radius 3 is 2.78 bits per heavy atom. The number of amides is 2. The van der Waals surface area contributed by atoms with Crippen LogP contribution in [0.15, 0.2) is 30.3 Å². The quantitative estimate of drug-likeness (QED) is 0.657. The number of hydrogen-bond acceptors (Lipinski definition) is 2. The van der Waals surface area contributed by atoms with Crippen LogP contribution in [0.1, 0.15) is 31.7 Å². The molecule has 2 rings (SSSR count). The molecule has 1 saturated heterocycles. The van der Waals surface area contributed by atoms with Crippen molar-refractivity contribution in [2.75, 3.05) is 19.6 Å². The van der Waals surface area contributed by atoms with Gasteiger partial charge in [0.05, 0.1) is 19.0 Å². The molecule has 1 unspecified atom stereocenters. The number of carbonyl (C=O) groups excluding carboxylic acids is 2. The molecule has 0 spiro atoms. The summed E-state index contributed by atoms with van der Waals surface area (Å²) in [5.74, 6) is -0.258. The number of likely N-dealkylation sites (tertiary alicyclic amines) is 1. The van der Waals surface area contributed by atoms with E-state index in [1.54, 1.807) is 0 Å². The number of quaternary nitrogens is 1. The molecule has 0 saturated carbocycles. The summed E-state index contributed by atoms with van der Waals surface area (Å²) in [6.07, 6.45) is 3.70. The van der Waals surface area contributed by atoms with E-state index >= 15 is 0 Å². The summed E-state index contributed by atoms with van der Waals surface area (Å²) in [5, 5.41) is 3.07. The maximum Gasteiger partial charge on any atom is 0.275 e. The Kier molecular flexibility index (Phi) is 6.59. The van der Waals surface area contributed by atoms with Crippen LogP contribution < -0.4 is 16.0 Å². The zero-order valence-corrected chi connectivity index (χ0v) is 13.9. The van der Waals surface area contributed by atoms with E-state index in [9.17, 15) is 9.59 Å². The van der Waals surface area contributed by atoms with E-state index < -0.39 is 0 Å². The van der Waals surface area contributed by atoms with E-state index in [0.717, 1.165) is 37.1 Å². The first-order chi connectivity index (χ1) is 11.0. The molecule has 0 radical (unpaired) electrons. The van der Waals surface area contributed by atoms with Crippen molar-refractivity contribution in [2.45, 2.75) is 38.6 Å². The van der Waals surface area contributed by atoms with Gasteiger partial charge < -0.3 is 16.0 Å². The monoisotopic (exact) mass is 318 g/mol. The van der Waals surface area contributed by atoms with Crippen LogP contribution in [0.4, 0.5) is 0 Å². The highest BCUT2D eigenvalue weighted by molar-refractivity contribution is 5.78. The maximum atomic E-state index is 12.2. The zero-order chi connectivity index (χ0) is 16.7. The van der Waals surface area contributed by atoms with Gasteiger partial charge in [-0.05, 0) is 38.2 Å². The van der Waals surface area contributed by atoms with Gasteiger partial charge in [0, 0.05) is 6.04 Å². The fourth-order valence-electron chi connectivity index (χ4n) is 3.21. The second kappa shape index (κ2) is 8.67. The summed E-state index contributed by atoms with van der Waals surface area (Å²) in [7, 11) is 0. The van der Waals surface area contributed by atoms with Crippen LogP contribution >= 0.6 is 0 Å². The fraction of sp³-hybridized carbons (Fsp3) is 0.556. The number of nitrogens with two attached hydrogens (primary N) is 1. The number of nitrogens with one attached hydrogen (secondary N) is 2. The first kappa shape index (κ1) is 17.5. The molecule has 5 nitrogen and oxygen atoms in total. The lowest BCUT2D eigenvalue weighted by Crippen LogP contribution is -3.15. The molecule has 126 valence electrons. The molecule has 0 aliphatic carbocycles. The van der Waals surface area contributed by atoms with Gasteiger partial charge in [-0.2, -0.15) is 0 Å². The first-order valence-electron chi connectivity index (χ1n) is 8.50. The molecule has 2 amide bonds. The van der Waals surface area contributed by atoms with Crippen LogP contribution in [0.5, 0.6) is 0 Å². The van der Waals surface area contributed by atoms with Crippen LogP contribution in [0.2, 0.25) is 0 Å². The molecule has 23 heavy (non-hydrogen) atoms. The number of rotatable bonds is 7. The lowest BCUT2D eigenvalue weighted by molar-refractivity contribution is -0.899. The smallest absolute Gasteiger partial charge is 0.275 e. The average molecular weight is 318 g/mol. The van der Waals surface area contributed by atoms with Crippen molar-refractivity contribution in [3.05, 3.63) is 35.9 Å². The number of carbonyl (C=O) groups is 2. The molecule has 1 fully saturated rings. The van der Waals surface area contributed by atoms with Crippen molar-refractivity contribution in [3.63, 3.8) is 0 Å². The first-order valence-corrected chi connectivity index (χ1v) is 8.50. The zero-order valence-electron chi connectivity index (χ0n) is 13.9. The molecule has 5 heteroatoms.